The summed E-state index contributed by atoms with van der Waals surface area (Å²) >= 11 is 0. The molecule has 0 fully saturated rings. The number of nitrogens with two attached hydrogens (primary N) is 5. The molecule has 21 N–H and O–H groups in total. The van der Waals surface area contributed by atoms with E-state index in [1.807, 2.05) is 41.5 Å². The molecule has 0 saturated heterocycles. The summed E-state index contributed by atoms with van der Waals surface area (Å²) in [7, 11) is 0. The Hall–Kier alpha value is -6.19. The first-order chi connectivity index (χ1) is 36.9. The Morgan fingerprint density at radius 3 is 1.20 bits per heavy atom. The van der Waals surface area contributed by atoms with Crippen molar-refractivity contribution < 1.29 is 58.2 Å². The van der Waals surface area contributed by atoms with Gasteiger partial charge in [-0.25, -0.2) is 0 Å². The monoisotopic (exact) mass is 1130 g/mol. The van der Waals surface area contributed by atoms with Gasteiger partial charge in [-0.3, -0.25) is 52.9 Å². The Labute approximate surface area is 466 Å². The van der Waals surface area contributed by atoms with Gasteiger partial charge in [0.25, 0.3) is 0 Å². The average molecular weight is 1130 g/mol. The van der Waals surface area contributed by atoms with Gasteiger partial charge in [-0.1, -0.05) is 75.7 Å². The van der Waals surface area contributed by atoms with Gasteiger partial charge in [0.1, 0.15) is 54.4 Å². The molecule has 0 aliphatic carbocycles. The minimum atomic E-state index is -1.64. The normalized spacial score (nSPS) is 15.6. The average Bonchev–Trinajstić information content (AvgIpc) is 3.35. The lowest BCUT2D eigenvalue weighted by molar-refractivity contribution is -0.137. The van der Waals surface area contributed by atoms with E-state index < -0.39 is 132 Å². The van der Waals surface area contributed by atoms with Crippen molar-refractivity contribution in [3.63, 3.8) is 0 Å². The number of hydrogen-bond donors (Lipinski definition) is 16. The summed E-state index contributed by atoms with van der Waals surface area (Å²) in [6.45, 7) is 18.6. The Morgan fingerprint density at radius 1 is 0.443 bits per heavy atom. The number of carbonyl (C=O) groups is 10. The number of aliphatic imine (C=N–C) groups is 1. The molecular formula is C52H99N15O12. The maximum Gasteiger partial charge on any atom is 0.245 e. The first-order valence-corrected chi connectivity index (χ1v) is 27.7. The van der Waals surface area contributed by atoms with Gasteiger partial charge in [-0.2, -0.15) is 0 Å². The maximum absolute atomic E-state index is 14.4. The van der Waals surface area contributed by atoms with E-state index in [-0.39, 0.29) is 101 Å². The zero-order chi connectivity index (χ0) is 60.7. The second-order valence-electron chi connectivity index (χ2n) is 22.0. The third kappa shape index (κ3) is 29.6. The molecule has 0 radical (unpaired) electrons. The molecule has 0 aliphatic heterocycles. The first kappa shape index (κ1) is 72.8. The number of carbonyl (C=O) groups excluding carboxylic acids is 10. The molecule has 0 aliphatic rings. The standard InChI is InChI=1S/C52H99N15O12/c1-12-31(10)41(50(78)62-33(16-13-14-19-53)46(74)67-42(32(11)69)51(79)65-39(25-30(8)9)49(77)63-36(43(55)71)22-27(2)3)66-45(73)34(17-15-20-58-52(56)57)60-44(72)35(18-21-68)61-48(76)38(24-29(6)7)64-47(75)37(23-28(4)5)59-40(70)26-54/h27-39,41-42,68-69H,12-26,53-54H2,1-11H3,(H2,55,71)(H,59,70)(H,60,72)(H,61,76)(H,62,78)(H,63,77)(H,64,75)(H,65,79)(H,66,73)(H,67,74)(H4,56,57,58)/t31-,32+,33-,34-,35-,36-,37-,38-,39-,41-,42-/m0/s1. The van der Waals surface area contributed by atoms with Gasteiger partial charge in [-0.05, 0) is 107 Å². The molecule has 0 aromatic heterocycles. The second-order valence-corrected chi connectivity index (χ2v) is 22.0. The number of nitrogens with zero attached hydrogens (tertiary/aromatic N) is 1. The fraction of sp³-hybridized carbons (Fsp3) is 0.788. The number of primary amides is 1. The van der Waals surface area contributed by atoms with Crippen molar-refractivity contribution in [1.29, 1.82) is 0 Å². The minimum absolute atomic E-state index is 0.000642. The van der Waals surface area contributed by atoms with Crippen LogP contribution in [0.2, 0.25) is 0 Å². The molecule has 0 aromatic rings. The van der Waals surface area contributed by atoms with Gasteiger partial charge in [0.15, 0.2) is 5.96 Å². The predicted molar refractivity (Wildman–Crippen MR) is 299 cm³/mol. The van der Waals surface area contributed by atoms with E-state index in [9.17, 15) is 58.2 Å². The summed E-state index contributed by atoms with van der Waals surface area (Å²) in [5.41, 5.74) is 27.9. The lowest BCUT2D eigenvalue weighted by Gasteiger charge is -2.30. The zero-order valence-corrected chi connectivity index (χ0v) is 48.6. The molecule has 0 saturated carbocycles. The van der Waals surface area contributed by atoms with Crippen molar-refractivity contribution in [3.8, 4) is 0 Å². The van der Waals surface area contributed by atoms with Crippen LogP contribution in [0.15, 0.2) is 4.99 Å². The van der Waals surface area contributed by atoms with Crippen LogP contribution >= 0.6 is 0 Å². The third-order valence-electron chi connectivity index (χ3n) is 12.7. The number of aliphatic hydroxyl groups excluding tert-OH is 2. The highest BCUT2D eigenvalue weighted by molar-refractivity contribution is 5.98. The summed E-state index contributed by atoms with van der Waals surface area (Å²) in [4.78, 5) is 140. The molecule has 0 unspecified atom stereocenters. The molecule has 0 rings (SSSR count). The van der Waals surface area contributed by atoms with Crippen molar-refractivity contribution in [2.45, 2.75) is 207 Å². The molecule has 11 atom stereocenters. The Bertz CT molecular complexity index is 1980. The molecule has 0 bridgehead atoms. The molecule has 0 heterocycles. The minimum Gasteiger partial charge on any atom is -0.396 e. The van der Waals surface area contributed by atoms with Gasteiger partial charge < -0.3 is 86.7 Å². The number of rotatable bonds is 40. The van der Waals surface area contributed by atoms with Crippen molar-refractivity contribution in [2.75, 3.05) is 26.2 Å². The molecular weight excluding hydrogens is 1030 g/mol. The zero-order valence-electron chi connectivity index (χ0n) is 48.6. The summed E-state index contributed by atoms with van der Waals surface area (Å²) in [5, 5.41) is 44.4. The summed E-state index contributed by atoms with van der Waals surface area (Å²) in [5.74, 6) is -9.02. The van der Waals surface area contributed by atoms with E-state index in [0.717, 1.165) is 0 Å². The van der Waals surface area contributed by atoms with E-state index in [2.05, 4.69) is 52.8 Å². The molecule has 27 nitrogen and oxygen atoms in total. The number of aliphatic hydroxyl groups is 2. The Kier molecular flexibility index (Phi) is 35.4. The fourth-order valence-corrected chi connectivity index (χ4v) is 8.24. The lowest BCUT2D eigenvalue weighted by Crippen LogP contribution is -2.62. The van der Waals surface area contributed by atoms with Crippen LogP contribution in [0, 0.1) is 29.6 Å². The highest BCUT2D eigenvalue weighted by atomic mass is 16.3. The topological polar surface area (TPSA) is 462 Å². The smallest absolute Gasteiger partial charge is 0.245 e. The third-order valence-corrected chi connectivity index (χ3v) is 12.7. The van der Waals surface area contributed by atoms with Crippen molar-refractivity contribution >= 4 is 65.0 Å². The van der Waals surface area contributed by atoms with Crippen molar-refractivity contribution in [1.82, 2.24) is 47.9 Å². The van der Waals surface area contributed by atoms with Crippen LogP contribution in [0.1, 0.15) is 147 Å². The predicted octanol–water partition coefficient (Wildman–Crippen LogP) is -3.03. The summed E-state index contributed by atoms with van der Waals surface area (Å²) in [6.07, 6.45) is -0.0307. The summed E-state index contributed by atoms with van der Waals surface area (Å²) in [6, 6.07) is -11.6. The first-order valence-electron chi connectivity index (χ1n) is 27.7. The van der Waals surface area contributed by atoms with Gasteiger partial charge in [0, 0.05) is 13.2 Å². The SMILES string of the molecule is CC[C@H](C)[C@H](NC(=O)[C@H](CCCN=C(N)N)NC(=O)[C@H](CCO)NC(=O)[C@H](CC(C)C)NC(=O)[C@H](CC(C)C)NC(=O)CN)C(=O)N[C@@H](CCCCN)C(=O)N[C@H](C(=O)N[C@@H](CC(C)C)C(=O)N[C@@H](CC(C)C)C(N)=O)[C@@H](C)O. The van der Waals surface area contributed by atoms with Crippen LogP contribution in [0.4, 0.5) is 0 Å². The molecule has 454 valence electrons. The maximum atomic E-state index is 14.4. The molecule has 0 spiro atoms. The van der Waals surface area contributed by atoms with E-state index >= 15 is 0 Å². The highest BCUT2D eigenvalue weighted by Crippen LogP contribution is 2.15. The van der Waals surface area contributed by atoms with Crippen LogP contribution in [0.5, 0.6) is 0 Å². The number of guanidine groups is 1. The molecule has 10 amide bonds. The number of amides is 10. The van der Waals surface area contributed by atoms with Crippen LogP contribution < -0.4 is 76.5 Å². The van der Waals surface area contributed by atoms with Crippen molar-refractivity contribution in [3.05, 3.63) is 0 Å². The number of unbranched alkanes of at least 4 members (excludes halogenated alkanes) is 1. The van der Waals surface area contributed by atoms with E-state index in [4.69, 9.17) is 28.7 Å². The number of hydrogen-bond acceptors (Lipinski definition) is 15. The highest BCUT2D eigenvalue weighted by Gasteiger charge is 2.37. The largest absolute Gasteiger partial charge is 0.396 e. The van der Waals surface area contributed by atoms with Crippen LogP contribution in [0.3, 0.4) is 0 Å². The Morgan fingerprint density at radius 2 is 0.797 bits per heavy atom. The number of nitrogens with one attached hydrogen (secondary N) is 9. The lowest BCUT2D eigenvalue weighted by atomic mass is 9.96. The molecule has 79 heavy (non-hydrogen) atoms. The fourth-order valence-electron chi connectivity index (χ4n) is 8.24. The van der Waals surface area contributed by atoms with Crippen LogP contribution in [0.25, 0.3) is 0 Å². The quantitative estimate of drug-likeness (QED) is 0.0165. The Balaban J connectivity index is 6.90. The van der Waals surface area contributed by atoms with Gasteiger partial charge in [-0.15, -0.1) is 0 Å². The van der Waals surface area contributed by atoms with E-state index in [1.165, 1.54) is 6.92 Å². The van der Waals surface area contributed by atoms with Gasteiger partial charge in [0.05, 0.1) is 12.6 Å². The van der Waals surface area contributed by atoms with Gasteiger partial charge in [0.2, 0.25) is 59.1 Å². The van der Waals surface area contributed by atoms with E-state index in [1.54, 1.807) is 27.7 Å². The van der Waals surface area contributed by atoms with Crippen molar-refractivity contribution in [2.24, 2.45) is 63.3 Å². The summed E-state index contributed by atoms with van der Waals surface area (Å²) < 4.78 is 0. The molecule has 0 aromatic carbocycles. The second kappa shape index (κ2) is 38.4. The molecule has 27 heteroatoms. The van der Waals surface area contributed by atoms with Gasteiger partial charge >= 0.3 is 0 Å². The van der Waals surface area contributed by atoms with Crippen LogP contribution in [-0.4, -0.2) is 162 Å². The van der Waals surface area contributed by atoms with Crippen LogP contribution in [-0.2, 0) is 47.9 Å². The van der Waals surface area contributed by atoms with E-state index in [0.29, 0.717) is 19.3 Å².